The highest BCUT2D eigenvalue weighted by atomic mass is 79.9. The van der Waals surface area contributed by atoms with Crippen molar-refractivity contribution in [3.63, 3.8) is 0 Å². The topological polar surface area (TPSA) is 93.1 Å². The molecule has 18 heavy (non-hydrogen) atoms. The largest absolute Gasteiger partial charge is 0.318 e. The molecule has 6 nitrogen and oxygen atoms in total. The first kappa shape index (κ1) is 12.9. The van der Waals surface area contributed by atoms with E-state index >= 15 is 0 Å². The zero-order valence-electron chi connectivity index (χ0n) is 8.57. The lowest BCUT2D eigenvalue weighted by molar-refractivity contribution is -0.383. The quantitative estimate of drug-likeness (QED) is 0.470. The molecule has 0 aliphatic carbocycles. The van der Waals surface area contributed by atoms with E-state index in [1.165, 1.54) is 12.1 Å². The van der Waals surface area contributed by atoms with Gasteiger partial charge in [-0.1, -0.05) is 0 Å². The molecule has 2 rings (SSSR count). The number of aromatic amines is 1. The van der Waals surface area contributed by atoms with Gasteiger partial charge in [0.1, 0.15) is 4.47 Å². The van der Waals surface area contributed by atoms with Crippen LogP contribution in [0.1, 0.15) is 0 Å². The molecule has 1 N–H and O–H groups in total. The van der Waals surface area contributed by atoms with Crippen LogP contribution in [0, 0.1) is 10.1 Å². The Morgan fingerprint density at radius 1 is 1.22 bits per heavy atom. The summed E-state index contributed by atoms with van der Waals surface area (Å²) in [7, 11) is 0. The second-order valence-electron chi connectivity index (χ2n) is 3.39. The number of halogens is 2. The van der Waals surface area contributed by atoms with Crippen LogP contribution in [0.2, 0.25) is 0 Å². The van der Waals surface area contributed by atoms with Crippen molar-refractivity contribution in [1.29, 1.82) is 0 Å². The maximum absolute atomic E-state index is 11.3. The Balaban J connectivity index is 3.13. The summed E-state index contributed by atoms with van der Waals surface area (Å²) in [6.07, 6.45) is 0. The molecule has 1 heterocycles. The van der Waals surface area contributed by atoms with Gasteiger partial charge in [-0.05, 0) is 50.1 Å². The lowest BCUT2D eigenvalue weighted by Crippen LogP contribution is -2.22. The van der Waals surface area contributed by atoms with E-state index < -0.39 is 15.9 Å². The van der Waals surface area contributed by atoms with Crippen molar-refractivity contribution in [1.82, 2.24) is 4.98 Å². The third kappa shape index (κ3) is 2.08. The first-order valence-corrected chi connectivity index (χ1v) is 6.20. The van der Waals surface area contributed by atoms with Gasteiger partial charge in [0.2, 0.25) is 5.43 Å². The Kier molecular flexibility index (Phi) is 3.31. The van der Waals surface area contributed by atoms with Crippen molar-refractivity contribution in [2.45, 2.75) is 0 Å². The number of hydrogen-bond acceptors (Lipinski definition) is 4. The van der Waals surface area contributed by atoms with Crippen LogP contribution in [0.5, 0.6) is 0 Å². The van der Waals surface area contributed by atoms with Gasteiger partial charge in [0, 0.05) is 4.47 Å². The number of nitrogens with zero attached hydrogens (tertiary/aromatic N) is 1. The van der Waals surface area contributed by atoms with Gasteiger partial charge < -0.3 is 4.98 Å². The number of fused-ring (bicyclic) bond motifs is 1. The van der Waals surface area contributed by atoms with Crippen LogP contribution in [0.25, 0.3) is 10.9 Å². The number of aromatic nitrogens is 1. The molecule has 0 saturated carbocycles. The second-order valence-corrected chi connectivity index (χ2v) is 5.04. The molecule has 0 aliphatic heterocycles. The number of nitro benzene ring substituents is 1. The predicted molar refractivity (Wildman–Crippen MR) is 72.9 cm³/mol. The molecule has 0 unspecified atom stereocenters. The third-order valence-electron chi connectivity index (χ3n) is 2.29. The summed E-state index contributed by atoms with van der Waals surface area (Å²) in [4.78, 5) is 35.4. The van der Waals surface area contributed by atoms with Gasteiger partial charge in [0.15, 0.2) is 0 Å². The highest BCUT2D eigenvalue weighted by Crippen LogP contribution is 2.37. The fourth-order valence-corrected chi connectivity index (χ4v) is 2.39. The molecule has 0 atom stereocenters. The van der Waals surface area contributed by atoms with Crippen LogP contribution in [0.3, 0.4) is 0 Å². The number of H-pyrrole nitrogens is 1. The Hall–Kier alpha value is -1.54. The highest BCUT2D eigenvalue weighted by Gasteiger charge is 2.20. The van der Waals surface area contributed by atoms with E-state index in [9.17, 15) is 19.7 Å². The van der Waals surface area contributed by atoms with Crippen molar-refractivity contribution in [2.24, 2.45) is 0 Å². The molecule has 1 aromatic carbocycles. The Bertz CT molecular complexity index is 785. The van der Waals surface area contributed by atoms with Crippen molar-refractivity contribution < 1.29 is 4.92 Å². The molecule has 0 radical (unpaired) electrons. The van der Waals surface area contributed by atoms with E-state index in [4.69, 9.17) is 0 Å². The molecule has 92 valence electrons. The number of rotatable bonds is 1. The van der Waals surface area contributed by atoms with E-state index in [0.29, 0.717) is 4.47 Å². The van der Waals surface area contributed by atoms with Crippen LogP contribution in [0.4, 0.5) is 5.69 Å². The van der Waals surface area contributed by atoms with Gasteiger partial charge in [-0.25, -0.2) is 0 Å². The molecule has 0 aliphatic rings. The van der Waals surface area contributed by atoms with E-state index in [-0.39, 0.29) is 21.1 Å². The van der Waals surface area contributed by atoms with Crippen molar-refractivity contribution in [3.05, 3.63) is 57.8 Å². The lowest BCUT2D eigenvalue weighted by atomic mass is 10.2. The maximum atomic E-state index is 11.3. The van der Waals surface area contributed by atoms with Crippen LogP contribution in [-0.4, -0.2) is 9.91 Å². The monoisotopic (exact) mass is 374 g/mol. The fourth-order valence-electron chi connectivity index (χ4n) is 1.50. The number of nitro groups is 1. The van der Waals surface area contributed by atoms with E-state index in [2.05, 4.69) is 36.8 Å². The molecule has 0 fully saturated rings. The number of nitrogens with one attached hydrogen (secondary N) is 1. The van der Waals surface area contributed by atoms with E-state index in [1.54, 1.807) is 0 Å². The van der Waals surface area contributed by atoms with Gasteiger partial charge in [0.05, 0.1) is 15.8 Å². The molecule has 2 aromatic rings. The maximum Gasteiger partial charge on any atom is 0.296 e. The van der Waals surface area contributed by atoms with Crippen LogP contribution in [0.15, 0.2) is 36.7 Å². The zero-order valence-corrected chi connectivity index (χ0v) is 11.7. The minimum Gasteiger partial charge on any atom is -0.318 e. The lowest BCUT2D eigenvalue weighted by Gasteiger charge is -2.01. The molecule has 8 heteroatoms. The summed E-state index contributed by atoms with van der Waals surface area (Å²) < 4.78 is 0.662. The van der Waals surface area contributed by atoms with Crippen molar-refractivity contribution in [3.8, 4) is 0 Å². The first-order chi connectivity index (χ1) is 8.41. The first-order valence-electron chi connectivity index (χ1n) is 4.61. The Morgan fingerprint density at radius 3 is 2.50 bits per heavy atom. The highest BCUT2D eigenvalue weighted by molar-refractivity contribution is 9.13. The summed E-state index contributed by atoms with van der Waals surface area (Å²) in [6, 6.07) is 3.76. The summed E-state index contributed by atoms with van der Waals surface area (Å²) in [5.74, 6) is 0. The van der Waals surface area contributed by atoms with E-state index in [1.807, 2.05) is 0 Å². The van der Waals surface area contributed by atoms with Gasteiger partial charge in [0.25, 0.3) is 11.2 Å². The molecule has 0 amide bonds. The minimum absolute atomic E-state index is 0.175. The normalized spacial score (nSPS) is 10.6. The van der Waals surface area contributed by atoms with Crippen molar-refractivity contribution in [2.75, 3.05) is 0 Å². The molecule has 0 spiro atoms. The van der Waals surface area contributed by atoms with Gasteiger partial charge in [-0.3, -0.25) is 19.7 Å². The second kappa shape index (κ2) is 4.62. The predicted octanol–water partition coefficient (Wildman–Crippen LogP) is 2.32. The fraction of sp³-hybridized carbons (Fsp3) is 0. The van der Waals surface area contributed by atoms with Crippen LogP contribution < -0.4 is 11.0 Å². The smallest absolute Gasteiger partial charge is 0.296 e. The average Bonchev–Trinajstić information content (AvgIpc) is 2.41. The molecule has 0 bridgehead atoms. The van der Waals surface area contributed by atoms with E-state index in [0.717, 1.165) is 6.07 Å². The Labute approximate surface area is 116 Å². The molecule has 0 saturated heterocycles. The average molecular weight is 376 g/mol. The van der Waals surface area contributed by atoms with Crippen LogP contribution >= 0.6 is 31.9 Å². The summed E-state index contributed by atoms with van der Waals surface area (Å²) in [5, 5.41) is 11.2. The van der Waals surface area contributed by atoms with Gasteiger partial charge >= 0.3 is 0 Å². The van der Waals surface area contributed by atoms with Gasteiger partial charge in [-0.2, -0.15) is 0 Å². The summed E-state index contributed by atoms with van der Waals surface area (Å²) in [6.45, 7) is 0. The molecule has 1 aromatic heterocycles. The summed E-state index contributed by atoms with van der Waals surface area (Å²) in [5.41, 5.74) is -1.59. The SMILES string of the molecule is O=c1ccc2c([N+](=O)[O-])c(Br)c(Br)cc2[nH]c1=O. The van der Waals surface area contributed by atoms with Gasteiger partial charge in [-0.15, -0.1) is 0 Å². The number of benzene rings is 1. The zero-order chi connectivity index (χ0) is 13.4. The summed E-state index contributed by atoms with van der Waals surface area (Å²) >= 11 is 6.24. The number of hydrogen-bond donors (Lipinski definition) is 1. The van der Waals surface area contributed by atoms with Crippen LogP contribution in [-0.2, 0) is 0 Å². The Morgan fingerprint density at radius 2 is 1.89 bits per heavy atom. The van der Waals surface area contributed by atoms with Crippen molar-refractivity contribution >= 4 is 48.5 Å². The standard InChI is InChI=1S/C10H4Br2N2O4/c11-5-3-6-4(9(8(5)12)14(17)18)1-2-7(15)10(16)13-6/h1-3H,(H,13,15,16). The molecular formula is C10H4Br2N2O4. The third-order valence-corrected chi connectivity index (χ3v) is 4.25. The minimum atomic E-state index is -0.825. The molecular weight excluding hydrogens is 372 g/mol.